The summed E-state index contributed by atoms with van der Waals surface area (Å²) in [5.41, 5.74) is 7.69. The Morgan fingerprint density at radius 2 is 1.59 bits per heavy atom. The molecular weight excluding hydrogens is 276 g/mol. The number of nitrogens with zero attached hydrogens (tertiary/aromatic N) is 2. The van der Waals surface area contributed by atoms with E-state index in [2.05, 4.69) is 15.3 Å². The molecule has 1 heterocycles. The molecule has 3 N–H and O–H groups in total. The maximum Gasteiger partial charge on any atom is 0.139 e. The van der Waals surface area contributed by atoms with Gasteiger partial charge in [-0.05, 0) is 29.8 Å². The minimum Gasteiger partial charge on any atom is -0.457 e. The van der Waals surface area contributed by atoms with Gasteiger partial charge in [0.05, 0.1) is 5.56 Å². The molecule has 0 bridgehead atoms. The van der Waals surface area contributed by atoms with Crippen LogP contribution < -0.4 is 15.8 Å². The standard InChI is InChI=1S/C17H16N4O/c1-19-17-15(16(18)20-11-21-17)12-7-9-14(10-8-12)22-13-5-3-2-4-6-13/h2-11H,1H3,(H3,18,19,20,21). The van der Waals surface area contributed by atoms with E-state index in [1.54, 1.807) is 7.05 Å². The van der Waals surface area contributed by atoms with Crippen LogP contribution >= 0.6 is 0 Å². The van der Waals surface area contributed by atoms with E-state index >= 15 is 0 Å². The van der Waals surface area contributed by atoms with Crippen molar-refractivity contribution in [2.75, 3.05) is 18.1 Å². The molecule has 1 aromatic heterocycles. The van der Waals surface area contributed by atoms with E-state index in [4.69, 9.17) is 10.5 Å². The van der Waals surface area contributed by atoms with E-state index in [-0.39, 0.29) is 0 Å². The molecule has 0 radical (unpaired) electrons. The maximum atomic E-state index is 5.97. The minimum atomic E-state index is 0.441. The average molecular weight is 292 g/mol. The molecule has 2 aromatic carbocycles. The molecule has 3 rings (SSSR count). The third kappa shape index (κ3) is 2.83. The van der Waals surface area contributed by atoms with E-state index in [9.17, 15) is 0 Å². The highest BCUT2D eigenvalue weighted by molar-refractivity contribution is 5.83. The monoisotopic (exact) mass is 292 g/mol. The lowest BCUT2D eigenvalue weighted by Crippen LogP contribution is -2.01. The van der Waals surface area contributed by atoms with Crippen molar-refractivity contribution >= 4 is 11.6 Å². The fourth-order valence-corrected chi connectivity index (χ4v) is 2.19. The van der Waals surface area contributed by atoms with E-state index in [1.807, 2.05) is 54.6 Å². The normalized spacial score (nSPS) is 10.2. The molecular formula is C17H16N4O. The third-order valence-electron chi connectivity index (χ3n) is 3.24. The quantitative estimate of drug-likeness (QED) is 0.769. The topological polar surface area (TPSA) is 73.1 Å². The summed E-state index contributed by atoms with van der Waals surface area (Å²) in [5, 5.41) is 3.03. The molecule has 0 saturated carbocycles. The number of benzene rings is 2. The second kappa shape index (κ2) is 6.13. The highest BCUT2D eigenvalue weighted by Crippen LogP contribution is 2.32. The average Bonchev–Trinajstić information content (AvgIpc) is 2.56. The molecule has 0 spiro atoms. The van der Waals surface area contributed by atoms with Gasteiger partial charge in [-0.2, -0.15) is 0 Å². The lowest BCUT2D eigenvalue weighted by Gasteiger charge is -2.11. The zero-order valence-corrected chi connectivity index (χ0v) is 12.2. The second-order valence-electron chi connectivity index (χ2n) is 4.67. The number of aromatic nitrogens is 2. The van der Waals surface area contributed by atoms with Gasteiger partial charge < -0.3 is 15.8 Å². The molecule has 0 aliphatic heterocycles. The Labute approximate surface area is 128 Å². The van der Waals surface area contributed by atoms with E-state index in [0.717, 1.165) is 22.6 Å². The summed E-state index contributed by atoms with van der Waals surface area (Å²) in [7, 11) is 1.80. The third-order valence-corrected chi connectivity index (χ3v) is 3.24. The van der Waals surface area contributed by atoms with Gasteiger partial charge in [0.15, 0.2) is 0 Å². The van der Waals surface area contributed by atoms with Crippen LogP contribution in [0.2, 0.25) is 0 Å². The van der Waals surface area contributed by atoms with Crippen molar-refractivity contribution < 1.29 is 4.74 Å². The number of nitrogens with one attached hydrogen (secondary N) is 1. The Morgan fingerprint density at radius 3 is 2.27 bits per heavy atom. The first kappa shape index (κ1) is 13.9. The molecule has 0 fully saturated rings. The Kier molecular flexibility index (Phi) is 3.87. The molecule has 0 unspecified atom stereocenters. The smallest absolute Gasteiger partial charge is 0.139 e. The van der Waals surface area contributed by atoms with Gasteiger partial charge in [-0.15, -0.1) is 0 Å². The van der Waals surface area contributed by atoms with Crippen LogP contribution in [0.5, 0.6) is 11.5 Å². The molecule has 0 atom stereocenters. The van der Waals surface area contributed by atoms with E-state index in [0.29, 0.717) is 11.6 Å². The molecule has 0 aliphatic carbocycles. The highest BCUT2D eigenvalue weighted by atomic mass is 16.5. The van der Waals surface area contributed by atoms with Crippen LogP contribution in [0.4, 0.5) is 11.6 Å². The van der Waals surface area contributed by atoms with Crippen molar-refractivity contribution in [2.24, 2.45) is 0 Å². The summed E-state index contributed by atoms with van der Waals surface area (Å²) in [4.78, 5) is 8.24. The first-order chi connectivity index (χ1) is 10.8. The predicted octanol–water partition coefficient (Wildman–Crippen LogP) is 3.56. The van der Waals surface area contributed by atoms with Crippen molar-refractivity contribution in [3.63, 3.8) is 0 Å². The van der Waals surface area contributed by atoms with E-state index in [1.165, 1.54) is 6.33 Å². The fourth-order valence-electron chi connectivity index (χ4n) is 2.19. The number of rotatable bonds is 4. The zero-order chi connectivity index (χ0) is 15.4. The summed E-state index contributed by atoms with van der Waals surface area (Å²) in [6, 6.07) is 17.3. The number of hydrogen-bond acceptors (Lipinski definition) is 5. The maximum absolute atomic E-state index is 5.97. The second-order valence-corrected chi connectivity index (χ2v) is 4.67. The van der Waals surface area contributed by atoms with Crippen LogP contribution in [0.1, 0.15) is 0 Å². The van der Waals surface area contributed by atoms with Crippen LogP contribution in [0.15, 0.2) is 60.9 Å². The van der Waals surface area contributed by atoms with Gasteiger partial charge >= 0.3 is 0 Å². The molecule has 0 aliphatic rings. The summed E-state index contributed by atoms with van der Waals surface area (Å²) < 4.78 is 5.78. The number of anilines is 2. The fraction of sp³-hybridized carbons (Fsp3) is 0.0588. The Hall–Kier alpha value is -3.08. The molecule has 110 valence electrons. The summed E-state index contributed by atoms with van der Waals surface area (Å²) in [6.45, 7) is 0. The molecule has 0 saturated heterocycles. The lowest BCUT2D eigenvalue weighted by molar-refractivity contribution is 0.483. The molecule has 5 heteroatoms. The summed E-state index contributed by atoms with van der Waals surface area (Å²) in [6.07, 6.45) is 1.44. The first-order valence-electron chi connectivity index (χ1n) is 6.89. The van der Waals surface area contributed by atoms with Gasteiger partial charge in [0.25, 0.3) is 0 Å². The van der Waals surface area contributed by atoms with Gasteiger partial charge in [-0.25, -0.2) is 9.97 Å². The van der Waals surface area contributed by atoms with Gasteiger partial charge in [0, 0.05) is 7.05 Å². The number of hydrogen-bond donors (Lipinski definition) is 2. The van der Waals surface area contributed by atoms with E-state index < -0.39 is 0 Å². The van der Waals surface area contributed by atoms with Crippen LogP contribution in [-0.4, -0.2) is 17.0 Å². The Balaban J connectivity index is 1.89. The van der Waals surface area contributed by atoms with Crippen LogP contribution in [-0.2, 0) is 0 Å². The number of para-hydroxylation sites is 1. The van der Waals surface area contributed by atoms with Crippen LogP contribution in [0.25, 0.3) is 11.1 Å². The highest BCUT2D eigenvalue weighted by Gasteiger charge is 2.10. The van der Waals surface area contributed by atoms with Gasteiger partial charge in [-0.1, -0.05) is 30.3 Å². The van der Waals surface area contributed by atoms with Crippen molar-refractivity contribution in [3.05, 3.63) is 60.9 Å². The Bertz CT molecular complexity index is 757. The first-order valence-corrected chi connectivity index (χ1v) is 6.89. The van der Waals surface area contributed by atoms with Crippen LogP contribution in [0, 0.1) is 0 Å². The SMILES string of the molecule is CNc1ncnc(N)c1-c1ccc(Oc2ccccc2)cc1. The number of ether oxygens (including phenoxy) is 1. The van der Waals surface area contributed by atoms with Crippen molar-refractivity contribution in [2.45, 2.75) is 0 Å². The van der Waals surface area contributed by atoms with Gasteiger partial charge in [0.2, 0.25) is 0 Å². The lowest BCUT2D eigenvalue weighted by atomic mass is 10.1. The van der Waals surface area contributed by atoms with Gasteiger partial charge in [0.1, 0.15) is 29.5 Å². The Morgan fingerprint density at radius 1 is 0.909 bits per heavy atom. The van der Waals surface area contributed by atoms with Crippen LogP contribution in [0.3, 0.4) is 0 Å². The minimum absolute atomic E-state index is 0.441. The molecule has 3 aromatic rings. The van der Waals surface area contributed by atoms with Crippen molar-refractivity contribution in [1.29, 1.82) is 0 Å². The largest absolute Gasteiger partial charge is 0.457 e. The zero-order valence-electron chi connectivity index (χ0n) is 12.2. The number of nitrogen functional groups attached to an aromatic ring is 1. The summed E-state index contributed by atoms with van der Waals surface area (Å²) >= 11 is 0. The van der Waals surface area contributed by atoms with Crippen molar-refractivity contribution in [1.82, 2.24) is 9.97 Å². The number of nitrogens with two attached hydrogens (primary N) is 1. The predicted molar refractivity (Wildman–Crippen MR) is 87.9 cm³/mol. The van der Waals surface area contributed by atoms with Crippen molar-refractivity contribution in [3.8, 4) is 22.6 Å². The van der Waals surface area contributed by atoms with Gasteiger partial charge in [-0.3, -0.25) is 0 Å². The summed E-state index contributed by atoms with van der Waals surface area (Å²) in [5.74, 6) is 2.70. The molecule has 22 heavy (non-hydrogen) atoms. The molecule has 0 amide bonds. The molecule has 5 nitrogen and oxygen atoms in total.